The minimum Gasteiger partial charge on any atom is -0.334 e. The van der Waals surface area contributed by atoms with Gasteiger partial charge in [-0.1, -0.05) is 30.3 Å². The maximum atomic E-state index is 12.5. The number of nitrogens with zero attached hydrogens (tertiary/aromatic N) is 1. The fourth-order valence-electron chi connectivity index (χ4n) is 2.50. The number of nitrogens with one attached hydrogen (secondary N) is 1. The highest BCUT2D eigenvalue weighted by atomic mass is 16.2. The molecule has 1 atom stereocenters. The molecule has 0 aromatic heterocycles. The van der Waals surface area contributed by atoms with Crippen LogP contribution < -0.4 is 5.32 Å². The molecule has 0 saturated carbocycles. The van der Waals surface area contributed by atoms with E-state index >= 15 is 0 Å². The molecule has 1 aromatic rings. The molecule has 1 aliphatic heterocycles. The lowest BCUT2D eigenvalue weighted by molar-refractivity contribution is -0.137. The Morgan fingerprint density at radius 2 is 2.00 bits per heavy atom. The van der Waals surface area contributed by atoms with Gasteiger partial charge in [0, 0.05) is 6.54 Å². The standard InChI is InChI=1S/C15H22N2O/c1-15(2,16-3)14(18)17-11-7-10-13(17)12-8-5-4-6-9-12/h4-6,8-9,13,16H,7,10-11H2,1-3H3. The third kappa shape index (κ3) is 2.41. The van der Waals surface area contributed by atoms with E-state index in [1.807, 2.05) is 44.0 Å². The molecular formula is C15H22N2O. The fraction of sp³-hybridized carbons (Fsp3) is 0.533. The van der Waals surface area contributed by atoms with E-state index in [4.69, 9.17) is 0 Å². The number of likely N-dealkylation sites (tertiary alicyclic amines) is 1. The maximum absolute atomic E-state index is 12.5. The number of carbonyl (C=O) groups is 1. The van der Waals surface area contributed by atoms with Crippen molar-refractivity contribution in [3.05, 3.63) is 35.9 Å². The topological polar surface area (TPSA) is 32.3 Å². The van der Waals surface area contributed by atoms with E-state index in [1.54, 1.807) is 0 Å². The van der Waals surface area contributed by atoms with Gasteiger partial charge in [-0.15, -0.1) is 0 Å². The van der Waals surface area contributed by atoms with Crippen molar-refractivity contribution in [2.24, 2.45) is 0 Å². The van der Waals surface area contributed by atoms with Crippen LogP contribution in [0, 0.1) is 0 Å². The Kier molecular flexibility index (Phi) is 3.71. The zero-order chi connectivity index (χ0) is 13.2. The molecular weight excluding hydrogens is 224 g/mol. The summed E-state index contributed by atoms with van der Waals surface area (Å²) in [4.78, 5) is 14.6. The van der Waals surface area contributed by atoms with Gasteiger partial charge in [-0.05, 0) is 39.3 Å². The Morgan fingerprint density at radius 3 is 2.61 bits per heavy atom. The average Bonchev–Trinajstić information content (AvgIpc) is 2.87. The first-order valence-electron chi connectivity index (χ1n) is 6.61. The van der Waals surface area contributed by atoms with E-state index in [-0.39, 0.29) is 11.9 Å². The van der Waals surface area contributed by atoms with Crippen molar-refractivity contribution in [3.63, 3.8) is 0 Å². The van der Waals surface area contributed by atoms with Crippen LogP contribution in [0.15, 0.2) is 30.3 Å². The first kappa shape index (κ1) is 13.1. The number of amides is 1. The molecule has 0 spiro atoms. The Labute approximate surface area is 109 Å². The van der Waals surface area contributed by atoms with Crippen molar-refractivity contribution in [2.75, 3.05) is 13.6 Å². The molecule has 1 heterocycles. The summed E-state index contributed by atoms with van der Waals surface area (Å²) in [6, 6.07) is 10.6. The molecule has 1 fully saturated rings. The zero-order valence-electron chi connectivity index (χ0n) is 11.4. The van der Waals surface area contributed by atoms with Gasteiger partial charge < -0.3 is 10.2 Å². The molecule has 0 radical (unpaired) electrons. The highest BCUT2D eigenvalue weighted by Gasteiger charge is 2.37. The molecule has 2 rings (SSSR count). The fourth-order valence-corrected chi connectivity index (χ4v) is 2.50. The van der Waals surface area contributed by atoms with Crippen LogP contribution >= 0.6 is 0 Å². The second-order valence-corrected chi connectivity index (χ2v) is 5.44. The monoisotopic (exact) mass is 246 g/mol. The molecule has 1 saturated heterocycles. The largest absolute Gasteiger partial charge is 0.334 e. The van der Waals surface area contributed by atoms with Crippen LogP contribution in [0.5, 0.6) is 0 Å². The number of hydrogen-bond acceptors (Lipinski definition) is 2. The highest BCUT2D eigenvalue weighted by Crippen LogP contribution is 2.33. The molecule has 0 bridgehead atoms. The minimum absolute atomic E-state index is 0.191. The molecule has 98 valence electrons. The Balaban J connectivity index is 2.21. The van der Waals surface area contributed by atoms with Crippen molar-refractivity contribution in [2.45, 2.75) is 38.3 Å². The van der Waals surface area contributed by atoms with Gasteiger partial charge in [0.2, 0.25) is 5.91 Å². The second kappa shape index (κ2) is 5.11. The molecule has 18 heavy (non-hydrogen) atoms. The molecule has 1 unspecified atom stereocenters. The third-order valence-corrected chi connectivity index (χ3v) is 3.86. The molecule has 1 amide bonds. The second-order valence-electron chi connectivity index (χ2n) is 5.44. The molecule has 3 nitrogen and oxygen atoms in total. The smallest absolute Gasteiger partial charge is 0.242 e. The van der Waals surface area contributed by atoms with Gasteiger partial charge in [-0.25, -0.2) is 0 Å². The van der Waals surface area contributed by atoms with E-state index in [2.05, 4.69) is 17.4 Å². The van der Waals surface area contributed by atoms with Crippen LogP contribution in [0.3, 0.4) is 0 Å². The number of likely N-dealkylation sites (N-methyl/N-ethyl adjacent to an activating group) is 1. The maximum Gasteiger partial charge on any atom is 0.242 e. The van der Waals surface area contributed by atoms with Gasteiger partial charge in [0.25, 0.3) is 0 Å². The normalized spacial score (nSPS) is 20.2. The van der Waals surface area contributed by atoms with Crippen LogP contribution in [0.1, 0.15) is 38.3 Å². The van der Waals surface area contributed by atoms with Crippen molar-refractivity contribution < 1.29 is 4.79 Å². The predicted octanol–water partition coefficient (Wildman–Crippen LogP) is 2.35. The minimum atomic E-state index is -0.489. The molecule has 1 N–H and O–H groups in total. The highest BCUT2D eigenvalue weighted by molar-refractivity contribution is 5.86. The quantitative estimate of drug-likeness (QED) is 0.888. The van der Waals surface area contributed by atoms with Gasteiger partial charge >= 0.3 is 0 Å². The number of benzene rings is 1. The summed E-state index contributed by atoms with van der Waals surface area (Å²) in [6.07, 6.45) is 2.15. The van der Waals surface area contributed by atoms with E-state index < -0.39 is 5.54 Å². The number of rotatable bonds is 3. The first-order chi connectivity index (χ1) is 8.56. The van der Waals surface area contributed by atoms with Crippen molar-refractivity contribution in [1.29, 1.82) is 0 Å². The Morgan fingerprint density at radius 1 is 1.33 bits per heavy atom. The molecule has 1 aliphatic rings. The zero-order valence-corrected chi connectivity index (χ0v) is 11.4. The van der Waals surface area contributed by atoms with Gasteiger partial charge in [0.15, 0.2) is 0 Å². The molecule has 0 aliphatic carbocycles. The van der Waals surface area contributed by atoms with E-state index in [0.717, 1.165) is 19.4 Å². The predicted molar refractivity (Wildman–Crippen MR) is 73.3 cm³/mol. The van der Waals surface area contributed by atoms with Crippen molar-refractivity contribution >= 4 is 5.91 Å². The van der Waals surface area contributed by atoms with E-state index in [0.29, 0.717) is 0 Å². The summed E-state index contributed by atoms with van der Waals surface area (Å²) in [7, 11) is 1.84. The SMILES string of the molecule is CNC(C)(C)C(=O)N1CCCC1c1ccccc1. The van der Waals surface area contributed by atoms with E-state index in [9.17, 15) is 4.79 Å². The van der Waals surface area contributed by atoms with Crippen LogP contribution in [0.2, 0.25) is 0 Å². The van der Waals surface area contributed by atoms with Crippen LogP contribution in [-0.2, 0) is 4.79 Å². The third-order valence-electron chi connectivity index (χ3n) is 3.86. The Hall–Kier alpha value is -1.35. The van der Waals surface area contributed by atoms with Crippen molar-refractivity contribution in [1.82, 2.24) is 10.2 Å². The van der Waals surface area contributed by atoms with Crippen LogP contribution in [0.25, 0.3) is 0 Å². The van der Waals surface area contributed by atoms with Gasteiger partial charge in [0.05, 0.1) is 11.6 Å². The summed E-state index contributed by atoms with van der Waals surface area (Å²) >= 11 is 0. The molecule has 1 aromatic carbocycles. The first-order valence-corrected chi connectivity index (χ1v) is 6.61. The number of hydrogen-bond donors (Lipinski definition) is 1. The summed E-state index contributed by atoms with van der Waals surface area (Å²) in [5.41, 5.74) is 0.757. The lowest BCUT2D eigenvalue weighted by atomic mass is 10.0. The lowest BCUT2D eigenvalue weighted by Crippen LogP contribution is -2.52. The van der Waals surface area contributed by atoms with Crippen LogP contribution in [0.4, 0.5) is 0 Å². The average molecular weight is 246 g/mol. The summed E-state index contributed by atoms with van der Waals surface area (Å²) in [6.45, 7) is 4.74. The van der Waals surface area contributed by atoms with E-state index in [1.165, 1.54) is 5.56 Å². The summed E-state index contributed by atoms with van der Waals surface area (Å²) < 4.78 is 0. The van der Waals surface area contributed by atoms with Gasteiger partial charge in [-0.2, -0.15) is 0 Å². The Bertz CT molecular complexity index is 414. The lowest BCUT2D eigenvalue weighted by Gasteiger charge is -2.33. The van der Waals surface area contributed by atoms with Gasteiger partial charge in [0.1, 0.15) is 0 Å². The van der Waals surface area contributed by atoms with Crippen LogP contribution in [-0.4, -0.2) is 29.9 Å². The summed E-state index contributed by atoms with van der Waals surface area (Å²) in [5.74, 6) is 0.191. The number of carbonyl (C=O) groups excluding carboxylic acids is 1. The van der Waals surface area contributed by atoms with Gasteiger partial charge in [-0.3, -0.25) is 4.79 Å². The molecule has 3 heteroatoms. The summed E-state index contributed by atoms with van der Waals surface area (Å²) in [5, 5.41) is 3.10. The van der Waals surface area contributed by atoms with Crippen molar-refractivity contribution in [3.8, 4) is 0 Å².